The smallest absolute Gasteiger partial charge is 0.312 e. The highest BCUT2D eigenvalue weighted by Gasteiger charge is 2.23. The van der Waals surface area contributed by atoms with E-state index in [1.165, 1.54) is 0 Å². The lowest BCUT2D eigenvalue weighted by Gasteiger charge is -2.13. The van der Waals surface area contributed by atoms with Crippen molar-refractivity contribution >= 4 is 17.1 Å². The van der Waals surface area contributed by atoms with Gasteiger partial charge in [-0.1, -0.05) is 30.3 Å². The summed E-state index contributed by atoms with van der Waals surface area (Å²) in [5.41, 5.74) is 8.27. The highest BCUT2D eigenvalue weighted by atomic mass is 16.4. The number of carbonyl (C=O) groups is 1. The fraction of sp³-hybridized carbons (Fsp3) is 0.125. The summed E-state index contributed by atoms with van der Waals surface area (Å²) < 4.78 is 5.72. The van der Waals surface area contributed by atoms with Gasteiger partial charge in [-0.3, -0.25) is 4.79 Å². The lowest BCUT2D eigenvalue weighted by Crippen LogP contribution is -2.21. The van der Waals surface area contributed by atoms with Gasteiger partial charge in [0, 0.05) is 12.1 Å². The zero-order chi connectivity index (χ0) is 14.8. The van der Waals surface area contributed by atoms with Gasteiger partial charge in [-0.2, -0.15) is 0 Å². The predicted molar refractivity (Wildman–Crippen MR) is 78.9 cm³/mol. The molecule has 0 saturated heterocycles. The molecule has 0 spiro atoms. The molecule has 3 aromatic rings. The Bertz CT molecular complexity index is 762. The molecule has 0 saturated carbocycles. The van der Waals surface area contributed by atoms with E-state index in [0.29, 0.717) is 22.6 Å². The van der Waals surface area contributed by atoms with Gasteiger partial charge < -0.3 is 15.3 Å². The number of para-hydroxylation sites is 2. The van der Waals surface area contributed by atoms with E-state index in [2.05, 4.69) is 4.98 Å². The quantitative estimate of drug-likeness (QED) is 0.767. The number of rotatable bonds is 4. The zero-order valence-electron chi connectivity index (χ0n) is 11.2. The normalized spacial score (nSPS) is 12.4. The number of hydrogen-bond donors (Lipinski definition) is 2. The second-order valence-electron chi connectivity index (χ2n) is 4.70. The van der Waals surface area contributed by atoms with Crippen LogP contribution in [0.1, 0.15) is 11.5 Å². The van der Waals surface area contributed by atoms with Crippen LogP contribution in [0.15, 0.2) is 52.9 Å². The summed E-state index contributed by atoms with van der Waals surface area (Å²) in [6.07, 6.45) is 0. The fourth-order valence-electron chi connectivity index (χ4n) is 2.34. The fourth-order valence-corrected chi connectivity index (χ4v) is 2.34. The molecular weight excluding hydrogens is 268 g/mol. The van der Waals surface area contributed by atoms with Gasteiger partial charge in [0.2, 0.25) is 5.89 Å². The van der Waals surface area contributed by atoms with Crippen molar-refractivity contribution in [2.24, 2.45) is 5.73 Å². The molecule has 21 heavy (non-hydrogen) atoms. The number of fused-ring (bicyclic) bond motifs is 1. The van der Waals surface area contributed by atoms with Crippen LogP contribution in [0.25, 0.3) is 22.6 Å². The van der Waals surface area contributed by atoms with Crippen molar-refractivity contribution in [2.45, 2.75) is 5.92 Å². The Morgan fingerprint density at radius 3 is 2.62 bits per heavy atom. The molecule has 0 fully saturated rings. The molecule has 0 bridgehead atoms. The Balaban J connectivity index is 2.16. The highest BCUT2D eigenvalue weighted by molar-refractivity contribution is 5.82. The third-order valence-corrected chi connectivity index (χ3v) is 3.39. The van der Waals surface area contributed by atoms with Crippen molar-refractivity contribution in [3.8, 4) is 11.5 Å². The van der Waals surface area contributed by atoms with E-state index < -0.39 is 11.9 Å². The van der Waals surface area contributed by atoms with Crippen LogP contribution in [0.2, 0.25) is 0 Å². The Hall–Kier alpha value is -2.66. The molecule has 3 N–H and O–H groups in total. The average Bonchev–Trinajstić information content (AvgIpc) is 2.92. The summed E-state index contributed by atoms with van der Waals surface area (Å²) in [5, 5.41) is 9.31. The van der Waals surface area contributed by atoms with E-state index in [0.717, 1.165) is 5.52 Å². The monoisotopic (exact) mass is 282 g/mol. The van der Waals surface area contributed by atoms with E-state index >= 15 is 0 Å². The van der Waals surface area contributed by atoms with Crippen molar-refractivity contribution in [1.29, 1.82) is 0 Å². The Morgan fingerprint density at radius 1 is 1.19 bits per heavy atom. The Morgan fingerprint density at radius 2 is 1.90 bits per heavy atom. The van der Waals surface area contributed by atoms with Crippen LogP contribution in [0.3, 0.4) is 0 Å². The maximum Gasteiger partial charge on any atom is 0.312 e. The van der Waals surface area contributed by atoms with Crippen LogP contribution >= 0.6 is 0 Å². The molecule has 1 atom stereocenters. The second kappa shape index (κ2) is 5.38. The summed E-state index contributed by atoms with van der Waals surface area (Å²) in [4.78, 5) is 15.8. The van der Waals surface area contributed by atoms with Gasteiger partial charge in [-0.15, -0.1) is 0 Å². The summed E-state index contributed by atoms with van der Waals surface area (Å²) >= 11 is 0. The van der Waals surface area contributed by atoms with E-state index in [1.54, 1.807) is 18.2 Å². The first-order chi connectivity index (χ1) is 10.2. The maximum atomic E-state index is 11.4. The number of aliphatic carboxylic acids is 1. The van der Waals surface area contributed by atoms with Gasteiger partial charge in [0.1, 0.15) is 5.52 Å². The number of oxazole rings is 1. The first-order valence-corrected chi connectivity index (χ1v) is 6.58. The van der Waals surface area contributed by atoms with Crippen LogP contribution in [-0.2, 0) is 4.79 Å². The highest BCUT2D eigenvalue weighted by Crippen LogP contribution is 2.30. The zero-order valence-corrected chi connectivity index (χ0v) is 11.2. The van der Waals surface area contributed by atoms with Crippen molar-refractivity contribution in [1.82, 2.24) is 4.98 Å². The molecule has 0 amide bonds. The minimum atomic E-state index is -0.957. The molecule has 5 nitrogen and oxygen atoms in total. The molecule has 0 aliphatic carbocycles. The van der Waals surface area contributed by atoms with E-state index in [4.69, 9.17) is 10.2 Å². The molecule has 1 aromatic heterocycles. The average molecular weight is 282 g/mol. The molecule has 0 aliphatic heterocycles. The number of hydrogen-bond acceptors (Lipinski definition) is 4. The minimum Gasteiger partial charge on any atom is -0.481 e. The largest absolute Gasteiger partial charge is 0.481 e. The molecular formula is C16H14N2O3. The number of benzene rings is 2. The Kier molecular flexibility index (Phi) is 3.41. The lowest BCUT2D eigenvalue weighted by atomic mass is 9.94. The number of nitrogens with zero attached hydrogens (tertiary/aromatic N) is 1. The summed E-state index contributed by atoms with van der Waals surface area (Å²) in [6.45, 7) is 0.0204. The molecule has 3 rings (SSSR count). The molecule has 5 heteroatoms. The van der Waals surface area contributed by atoms with Crippen LogP contribution in [0, 0.1) is 0 Å². The van der Waals surface area contributed by atoms with Crippen molar-refractivity contribution < 1.29 is 14.3 Å². The third-order valence-electron chi connectivity index (χ3n) is 3.39. The summed E-state index contributed by atoms with van der Waals surface area (Å²) in [5.74, 6) is -1.33. The van der Waals surface area contributed by atoms with Crippen LogP contribution < -0.4 is 5.73 Å². The van der Waals surface area contributed by atoms with E-state index in [-0.39, 0.29) is 6.54 Å². The second-order valence-corrected chi connectivity index (χ2v) is 4.70. The van der Waals surface area contributed by atoms with Gasteiger partial charge >= 0.3 is 5.97 Å². The van der Waals surface area contributed by atoms with Crippen molar-refractivity contribution in [2.75, 3.05) is 6.54 Å². The van der Waals surface area contributed by atoms with Gasteiger partial charge in [0.15, 0.2) is 5.58 Å². The van der Waals surface area contributed by atoms with Crippen LogP contribution in [-0.4, -0.2) is 22.6 Å². The molecule has 1 unspecified atom stereocenters. The van der Waals surface area contributed by atoms with Crippen molar-refractivity contribution in [3.63, 3.8) is 0 Å². The molecule has 0 radical (unpaired) electrons. The third kappa shape index (κ3) is 2.39. The van der Waals surface area contributed by atoms with Gasteiger partial charge in [0.05, 0.1) is 5.92 Å². The minimum absolute atomic E-state index is 0.0204. The molecule has 0 aliphatic rings. The number of aromatic nitrogens is 1. The van der Waals surface area contributed by atoms with Gasteiger partial charge in [-0.25, -0.2) is 4.98 Å². The predicted octanol–water partition coefficient (Wildman–Crippen LogP) is 2.62. The maximum absolute atomic E-state index is 11.4. The van der Waals surface area contributed by atoms with Gasteiger partial charge in [-0.05, 0) is 23.8 Å². The van der Waals surface area contributed by atoms with Crippen LogP contribution in [0.5, 0.6) is 0 Å². The summed E-state index contributed by atoms with van der Waals surface area (Å²) in [6, 6.07) is 14.6. The lowest BCUT2D eigenvalue weighted by molar-refractivity contribution is -0.138. The number of nitrogens with two attached hydrogens (primary N) is 1. The first-order valence-electron chi connectivity index (χ1n) is 6.58. The summed E-state index contributed by atoms with van der Waals surface area (Å²) in [7, 11) is 0. The SMILES string of the molecule is NCC(C(=O)O)c1ccccc1-c1nc2ccccc2o1. The molecule has 1 heterocycles. The number of carboxylic acid groups (broad SMARTS) is 1. The Labute approximate surface area is 121 Å². The topological polar surface area (TPSA) is 89.4 Å². The number of carboxylic acids is 1. The van der Waals surface area contributed by atoms with Crippen LogP contribution in [0.4, 0.5) is 0 Å². The van der Waals surface area contributed by atoms with E-state index in [9.17, 15) is 9.90 Å². The van der Waals surface area contributed by atoms with Gasteiger partial charge in [0.25, 0.3) is 0 Å². The first kappa shape index (κ1) is 13.3. The molecule has 2 aromatic carbocycles. The standard InChI is InChI=1S/C16H14N2O3/c17-9-12(16(19)20)10-5-1-2-6-11(10)15-18-13-7-3-4-8-14(13)21-15/h1-8,12H,9,17H2,(H,19,20). The van der Waals surface area contributed by atoms with Crippen molar-refractivity contribution in [3.05, 3.63) is 54.1 Å². The molecule has 106 valence electrons. The van der Waals surface area contributed by atoms with E-state index in [1.807, 2.05) is 30.3 Å².